The van der Waals surface area contributed by atoms with Crippen molar-refractivity contribution in [2.24, 2.45) is 0 Å². The van der Waals surface area contributed by atoms with Crippen LogP contribution >= 0.6 is 0 Å². The van der Waals surface area contributed by atoms with Gasteiger partial charge in [-0.1, -0.05) is 35.9 Å². The van der Waals surface area contributed by atoms with E-state index in [1.54, 1.807) is 7.11 Å². The minimum atomic E-state index is -0.198. The maximum atomic E-state index is 11.8. The normalized spacial score (nSPS) is 10.1. The van der Waals surface area contributed by atoms with E-state index in [4.69, 9.17) is 9.47 Å². The molecule has 0 unspecified atom stereocenters. The van der Waals surface area contributed by atoms with Gasteiger partial charge < -0.3 is 20.1 Å². The summed E-state index contributed by atoms with van der Waals surface area (Å²) in [5, 5.41) is 5.63. The second-order valence-corrected chi connectivity index (χ2v) is 5.44. The lowest BCUT2D eigenvalue weighted by Crippen LogP contribution is -2.36. The van der Waals surface area contributed by atoms with Gasteiger partial charge in [0.1, 0.15) is 11.5 Å². The van der Waals surface area contributed by atoms with E-state index in [0.717, 1.165) is 23.5 Å². The molecule has 0 aliphatic carbocycles. The lowest BCUT2D eigenvalue weighted by Gasteiger charge is -2.11. The first kappa shape index (κ1) is 17.7. The van der Waals surface area contributed by atoms with Crippen molar-refractivity contribution in [2.75, 3.05) is 20.3 Å². The third kappa shape index (κ3) is 5.83. The largest absolute Gasteiger partial charge is 0.496 e. The molecule has 0 spiro atoms. The van der Waals surface area contributed by atoms with Crippen LogP contribution in [0.4, 0.5) is 4.79 Å². The van der Waals surface area contributed by atoms with Crippen LogP contribution < -0.4 is 20.1 Å². The molecule has 24 heavy (non-hydrogen) atoms. The maximum Gasteiger partial charge on any atom is 0.315 e. The summed E-state index contributed by atoms with van der Waals surface area (Å²) in [5.41, 5.74) is 2.15. The van der Waals surface area contributed by atoms with E-state index >= 15 is 0 Å². The number of rotatable bonds is 8. The van der Waals surface area contributed by atoms with Crippen molar-refractivity contribution in [2.45, 2.75) is 19.9 Å². The van der Waals surface area contributed by atoms with Gasteiger partial charge in [-0.25, -0.2) is 4.79 Å². The van der Waals surface area contributed by atoms with Crippen molar-refractivity contribution >= 4 is 6.03 Å². The summed E-state index contributed by atoms with van der Waals surface area (Å²) >= 11 is 0. The first-order valence-electron chi connectivity index (χ1n) is 8.02. The Balaban J connectivity index is 1.60. The molecule has 0 radical (unpaired) electrons. The Morgan fingerprint density at radius 3 is 2.54 bits per heavy atom. The fraction of sp³-hybridized carbons (Fsp3) is 0.316. The average molecular weight is 328 g/mol. The van der Waals surface area contributed by atoms with Gasteiger partial charge in [0.2, 0.25) is 0 Å². The molecular formula is C19H24N2O3. The van der Waals surface area contributed by atoms with Crippen LogP contribution in [0.3, 0.4) is 0 Å². The molecule has 0 aliphatic rings. The van der Waals surface area contributed by atoms with Gasteiger partial charge in [-0.05, 0) is 31.5 Å². The minimum Gasteiger partial charge on any atom is -0.496 e. The number of benzene rings is 2. The van der Waals surface area contributed by atoms with E-state index in [1.165, 1.54) is 5.56 Å². The van der Waals surface area contributed by atoms with E-state index in [9.17, 15) is 4.79 Å². The van der Waals surface area contributed by atoms with Crippen LogP contribution in [0.1, 0.15) is 17.5 Å². The molecular weight excluding hydrogens is 304 g/mol. The SMILES string of the molecule is COc1ccccc1CNC(=O)NCCCOc1ccc(C)cc1. The molecule has 5 heteroatoms. The van der Waals surface area contributed by atoms with Crippen LogP contribution in [0, 0.1) is 6.92 Å². The number of carbonyl (C=O) groups excluding carboxylic acids is 1. The molecule has 2 rings (SSSR count). The molecule has 0 saturated heterocycles. The van der Waals surface area contributed by atoms with E-state index < -0.39 is 0 Å². The molecule has 0 aliphatic heterocycles. The molecule has 2 N–H and O–H groups in total. The number of urea groups is 1. The maximum absolute atomic E-state index is 11.8. The molecule has 2 aromatic carbocycles. The molecule has 0 bridgehead atoms. The summed E-state index contributed by atoms with van der Waals surface area (Å²) < 4.78 is 10.9. The van der Waals surface area contributed by atoms with Gasteiger partial charge >= 0.3 is 6.03 Å². The molecule has 2 amide bonds. The van der Waals surface area contributed by atoms with Gasteiger partial charge in [-0.3, -0.25) is 0 Å². The smallest absolute Gasteiger partial charge is 0.315 e. The van der Waals surface area contributed by atoms with Gasteiger partial charge in [-0.2, -0.15) is 0 Å². The van der Waals surface area contributed by atoms with Crippen molar-refractivity contribution in [1.82, 2.24) is 10.6 Å². The highest BCUT2D eigenvalue weighted by atomic mass is 16.5. The summed E-state index contributed by atoms with van der Waals surface area (Å²) in [6.45, 7) is 3.59. The number of nitrogens with one attached hydrogen (secondary N) is 2. The summed E-state index contributed by atoms with van der Waals surface area (Å²) in [6.07, 6.45) is 0.746. The number of para-hydroxylation sites is 1. The van der Waals surface area contributed by atoms with Gasteiger partial charge in [0.05, 0.1) is 13.7 Å². The zero-order valence-corrected chi connectivity index (χ0v) is 14.2. The third-order valence-corrected chi connectivity index (χ3v) is 3.53. The summed E-state index contributed by atoms with van der Waals surface area (Å²) in [4.78, 5) is 11.8. The second kappa shape index (κ2) is 9.45. The predicted molar refractivity (Wildman–Crippen MR) is 94.5 cm³/mol. The lowest BCUT2D eigenvalue weighted by molar-refractivity contribution is 0.238. The number of hydrogen-bond acceptors (Lipinski definition) is 3. The van der Waals surface area contributed by atoms with E-state index in [2.05, 4.69) is 10.6 Å². The van der Waals surface area contributed by atoms with Crippen molar-refractivity contribution < 1.29 is 14.3 Å². The van der Waals surface area contributed by atoms with Crippen molar-refractivity contribution in [3.8, 4) is 11.5 Å². The highest BCUT2D eigenvalue weighted by Crippen LogP contribution is 2.16. The summed E-state index contributed by atoms with van der Waals surface area (Å²) in [7, 11) is 1.62. The number of methoxy groups -OCH3 is 1. The number of ether oxygens (including phenoxy) is 2. The Morgan fingerprint density at radius 1 is 1.04 bits per heavy atom. The first-order valence-corrected chi connectivity index (χ1v) is 8.02. The minimum absolute atomic E-state index is 0.198. The second-order valence-electron chi connectivity index (χ2n) is 5.44. The third-order valence-electron chi connectivity index (χ3n) is 3.53. The summed E-state index contributed by atoms with van der Waals surface area (Å²) in [5.74, 6) is 1.62. The van der Waals surface area contributed by atoms with Crippen LogP contribution in [-0.2, 0) is 6.54 Å². The average Bonchev–Trinajstić information content (AvgIpc) is 2.61. The lowest BCUT2D eigenvalue weighted by atomic mass is 10.2. The number of carbonyl (C=O) groups is 1. The molecule has 0 heterocycles. The van der Waals surface area contributed by atoms with E-state index in [1.807, 2.05) is 55.5 Å². The molecule has 0 aromatic heterocycles. The van der Waals surface area contributed by atoms with E-state index in [-0.39, 0.29) is 6.03 Å². The Kier molecular flexibility index (Phi) is 6.95. The van der Waals surface area contributed by atoms with Crippen molar-refractivity contribution in [3.63, 3.8) is 0 Å². The highest BCUT2D eigenvalue weighted by Gasteiger charge is 2.04. The Hall–Kier alpha value is -2.69. The fourth-order valence-corrected chi connectivity index (χ4v) is 2.19. The fourth-order valence-electron chi connectivity index (χ4n) is 2.19. The molecule has 2 aromatic rings. The van der Waals surface area contributed by atoms with E-state index in [0.29, 0.717) is 19.7 Å². The zero-order chi connectivity index (χ0) is 17.2. The van der Waals surface area contributed by atoms with Gasteiger partial charge in [-0.15, -0.1) is 0 Å². The van der Waals surface area contributed by atoms with Crippen LogP contribution in [0.5, 0.6) is 11.5 Å². The van der Waals surface area contributed by atoms with Gasteiger partial charge in [0, 0.05) is 18.7 Å². The summed E-state index contributed by atoms with van der Waals surface area (Å²) in [6, 6.07) is 15.3. The molecule has 5 nitrogen and oxygen atoms in total. The number of amides is 2. The molecule has 128 valence electrons. The topological polar surface area (TPSA) is 59.6 Å². The molecule has 0 fully saturated rings. The molecule has 0 saturated carbocycles. The number of hydrogen-bond donors (Lipinski definition) is 2. The Labute approximate surface area is 143 Å². The predicted octanol–water partition coefficient (Wildman–Crippen LogP) is 3.27. The number of aryl methyl sites for hydroxylation is 1. The van der Waals surface area contributed by atoms with Crippen LogP contribution in [0.25, 0.3) is 0 Å². The Morgan fingerprint density at radius 2 is 1.79 bits per heavy atom. The van der Waals surface area contributed by atoms with Gasteiger partial charge in [0.25, 0.3) is 0 Å². The standard InChI is InChI=1S/C19H24N2O3/c1-15-8-10-17(11-9-15)24-13-5-12-20-19(22)21-14-16-6-3-4-7-18(16)23-2/h3-4,6-11H,5,12-14H2,1-2H3,(H2,20,21,22). The van der Waals surface area contributed by atoms with Crippen LogP contribution in [0.15, 0.2) is 48.5 Å². The van der Waals surface area contributed by atoms with Crippen molar-refractivity contribution in [1.29, 1.82) is 0 Å². The molecule has 0 atom stereocenters. The monoisotopic (exact) mass is 328 g/mol. The zero-order valence-electron chi connectivity index (χ0n) is 14.2. The Bertz CT molecular complexity index is 641. The van der Waals surface area contributed by atoms with Crippen LogP contribution in [-0.4, -0.2) is 26.3 Å². The van der Waals surface area contributed by atoms with Crippen molar-refractivity contribution in [3.05, 3.63) is 59.7 Å². The van der Waals surface area contributed by atoms with Crippen LogP contribution in [0.2, 0.25) is 0 Å². The quantitative estimate of drug-likeness (QED) is 0.731. The van der Waals surface area contributed by atoms with Gasteiger partial charge in [0.15, 0.2) is 0 Å². The first-order chi connectivity index (χ1) is 11.7. The highest BCUT2D eigenvalue weighted by molar-refractivity contribution is 5.73.